The first-order valence-corrected chi connectivity index (χ1v) is 7.55. The molecule has 1 amide bonds. The van der Waals surface area contributed by atoms with Crippen LogP contribution in [-0.4, -0.2) is 33.4 Å². The minimum atomic E-state index is -0.122. The van der Waals surface area contributed by atoms with Gasteiger partial charge < -0.3 is 9.88 Å². The Kier molecular flexibility index (Phi) is 6.55. The van der Waals surface area contributed by atoms with Crippen LogP contribution in [0.1, 0.15) is 50.9 Å². The highest BCUT2D eigenvalue weighted by Crippen LogP contribution is 2.05. The Balaban J connectivity index is 2.62. The maximum Gasteiger partial charge on any atom is 0.325 e. The Morgan fingerprint density at radius 3 is 2.40 bits per heavy atom. The molecule has 0 spiro atoms. The quantitative estimate of drug-likeness (QED) is 0.794. The van der Waals surface area contributed by atoms with Gasteiger partial charge in [0.15, 0.2) is 0 Å². The number of H-pyrrole nitrogens is 1. The Labute approximate surface area is 121 Å². The van der Waals surface area contributed by atoms with Crippen molar-refractivity contribution >= 4 is 5.91 Å². The number of rotatable bonds is 8. The van der Waals surface area contributed by atoms with E-state index < -0.39 is 0 Å². The third-order valence-corrected chi connectivity index (χ3v) is 3.66. The fourth-order valence-electron chi connectivity index (χ4n) is 2.29. The van der Waals surface area contributed by atoms with Gasteiger partial charge in [-0.1, -0.05) is 20.3 Å². The van der Waals surface area contributed by atoms with Crippen molar-refractivity contribution in [3.8, 4) is 0 Å². The van der Waals surface area contributed by atoms with Gasteiger partial charge in [0.1, 0.15) is 0 Å². The number of carbonyl (C=O) groups is 1. The van der Waals surface area contributed by atoms with E-state index in [0.29, 0.717) is 13.0 Å². The van der Waals surface area contributed by atoms with Crippen LogP contribution in [0, 0.1) is 13.8 Å². The summed E-state index contributed by atoms with van der Waals surface area (Å²) in [7, 11) is 0. The van der Waals surface area contributed by atoms with E-state index >= 15 is 0 Å². The molecule has 1 heterocycles. The van der Waals surface area contributed by atoms with Crippen LogP contribution in [0.4, 0.5) is 0 Å². The number of unbranched alkanes of at least 4 members (excludes halogenated alkanes) is 1. The second kappa shape index (κ2) is 7.92. The van der Waals surface area contributed by atoms with Crippen molar-refractivity contribution in [3.63, 3.8) is 0 Å². The summed E-state index contributed by atoms with van der Waals surface area (Å²) in [4.78, 5) is 28.7. The second-order valence-electron chi connectivity index (χ2n) is 5.28. The van der Waals surface area contributed by atoms with Gasteiger partial charge in [0, 0.05) is 37.4 Å². The molecule has 0 saturated heterocycles. The Bertz CT molecular complexity index is 488. The SMILES string of the molecule is CCCCN(CCC)C(=O)CCn1c(C)c(C)[nH]c1=O. The van der Waals surface area contributed by atoms with Gasteiger partial charge in [-0.05, 0) is 26.7 Å². The van der Waals surface area contributed by atoms with Crippen LogP contribution in [0.25, 0.3) is 0 Å². The molecule has 1 N–H and O–H groups in total. The van der Waals surface area contributed by atoms with Crippen molar-refractivity contribution in [2.24, 2.45) is 0 Å². The number of hydrogen-bond donors (Lipinski definition) is 1. The lowest BCUT2D eigenvalue weighted by Crippen LogP contribution is -2.34. The maximum atomic E-state index is 12.2. The molecule has 1 rings (SSSR count). The summed E-state index contributed by atoms with van der Waals surface area (Å²) in [5.74, 6) is 0.144. The van der Waals surface area contributed by atoms with Crippen molar-refractivity contribution in [1.29, 1.82) is 0 Å². The second-order valence-corrected chi connectivity index (χ2v) is 5.28. The molecular formula is C15H27N3O2. The summed E-state index contributed by atoms with van der Waals surface area (Å²) < 4.78 is 1.65. The van der Waals surface area contributed by atoms with Crippen LogP contribution >= 0.6 is 0 Å². The minimum absolute atomic E-state index is 0.122. The largest absolute Gasteiger partial charge is 0.343 e. The molecule has 1 aromatic rings. The number of hydrogen-bond acceptors (Lipinski definition) is 2. The number of aryl methyl sites for hydroxylation is 1. The van der Waals surface area contributed by atoms with Crippen LogP contribution in [0.15, 0.2) is 4.79 Å². The zero-order valence-electron chi connectivity index (χ0n) is 13.2. The predicted molar refractivity (Wildman–Crippen MR) is 80.9 cm³/mol. The van der Waals surface area contributed by atoms with Crippen molar-refractivity contribution in [1.82, 2.24) is 14.5 Å². The van der Waals surface area contributed by atoms with Crippen LogP contribution in [-0.2, 0) is 11.3 Å². The average Bonchev–Trinajstić information content (AvgIpc) is 2.66. The van der Waals surface area contributed by atoms with E-state index in [1.54, 1.807) is 4.57 Å². The number of carbonyl (C=O) groups excluding carboxylic acids is 1. The normalized spacial score (nSPS) is 10.8. The molecule has 0 radical (unpaired) electrons. The van der Waals surface area contributed by atoms with E-state index in [2.05, 4.69) is 18.8 Å². The van der Waals surface area contributed by atoms with E-state index in [1.165, 1.54) is 0 Å². The van der Waals surface area contributed by atoms with Gasteiger partial charge in [-0.3, -0.25) is 9.36 Å². The van der Waals surface area contributed by atoms with Gasteiger partial charge in [-0.25, -0.2) is 4.79 Å². The zero-order valence-corrected chi connectivity index (χ0v) is 13.2. The van der Waals surface area contributed by atoms with Crippen molar-refractivity contribution in [3.05, 3.63) is 21.9 Å². The molecule has 5 nitrogen and oxygen atoms in total. The summed E-state index contributed by atoms with van der Waals surface area (Å²) in [6, 6.07) is 0. The maximum absolute atomic E-state index is 12.2. The molecule has 0 atom stereocenters. The zero-order chi connectivity index (χ0) is 15.1. The first-order chi connectivity index (χ1) is 9.51. The smallest absolute Gasteiger partial charge is 0.325 e. The van der Waals surface area contributed by atoms with Crippen LogP contribution in [0.2, 0.25) is 0 Å². The number of amides is 1. The van der Waals surface area contributed by atoms with Crippen LogP contribution in [0.5, 0.6) is 0 Å². The summed E-state index contributed by atoms with van der Waals surface area (Å²) in [5, 5.41) is 0. The molecule has 0 aromatic carbocycles. The fourth-order valence-corrected chi connectivity index (χ4v) is 2.29. The lowest BCUT2D eigenvalue weighted by Gasteiger charge is -2.22. The number of imidazole rings is 1. The standard InChI is InChI=1S/C15H27N3O2/c1-5-7-10-17(9-6-2)14(19)8-11-18-13(4)12(3)16-15(18)20/h5-11H2,1-4H3,(H,16,20). The molecule has 0 aliphatic carbocycles. The molecule has 1 aromatic heterocycles. The topological polar surface area (TPSA) is 58.1 Å². The van der Waals surface area contributed by atoms with Gasteiger partial charge in [-0.2, -0.15) is 0 Å². The lowest BCUT2D eigenvalue weighted by molar-refractivity contribution is -0.131. The van der Waals surface area contributed by atoms with Gasteiger partial charge in [-0.15, -0.1) is 0 Å². The van der Waals surface area contributed by atoms with E-state index in [4.69, 9.17) is 0 Å². The molecule has 0 aliphatic rings. The molecule has 20 heavy (non-hydrogen) atoms. The molecule has 0 unspecified atom stereocenters. The first-order valence-electron chi connectivity index (χ1n) is 7.55. The van der Waals surface area contributed by atoms with Gasteiger partial charge in [0.05, 0.1) is 0 Å². The van der Waals surface area contributed by atoms with E-state index in [-0.39, 0.29) is 11.6 Å². The fraction of sp³-hybridized carbons (Fsp3) is 0.733. The third kappa shape index (κ3) is 4.25. The highest BCUT2D eigenvalue weighted by atomic mass is 16.2. The molecular weight excluding hydrogens is 254 g/mol. The number of aromatic amines is 1. The van der Waals surface area contributed by atoms with E-state index in [1.807, 2.05) is 18.7 Å². The number of nitrogens with one attached hydrogen (secondary N) is 1. The summed E-state index contributed by atoms with van der Waals surface area (Å²) in [6.45, 7) is 10.1. The molecule has 0 bridgehead atoms. The van der Waals surface area contributed by atoms with Crippen molar-refractivity contribution < 1.29 is 4.79 Å². The molecule has 5 heteroatoms. The first kappa shape index (κ1) is 16.5. The molecule has 0 saturated carbocycles. The Hall–Kier alpha value is -1.52. The van der Waals surface area contributed by atoms with Crippen molar-refractivity contribution in [2.45, 2.75) is 59.9 Å². The highest BCUT2D eigenvalue weighted by molar-refractivity contribution is 5.76. The number of aromatic nitrogens is 2. The average molecular weight is 281 g/mol. The minimum Gasteiger partial charge on any atom is -0.343 e. The molecule has 114 valence electrons. The Morgan fingerprint density at radius 1 is 1.20 bits per heavy atom. The lowest BCUT2D eigenvalue weighted by atomic mass is 10.2. The highest BCUT2D eigenvalue weighted by Gasteiger charge is 2.14. The summed E-state index contributed by atoms with van der Waals surface area (Å²) >= 11 is 0. The summed E-state index contributed by atoms with van der Waals surface area (Å²) in [6.07, 6.45) is 3.48. The summed E-state index contributed by atoms with van der Waals surface area (Å²) in [5.41, 5.74) is 1.67. The van der Waals surface area contributed by atoms with Gasteiger partial charge in [0.2, 0.25) is 5.91 Å². The van der Waals surface area contributed by atoms with Gasteiger partial charge >= 0.3 is 5.69 Å². The van der Waals surface area contributed by atoms with Crippen LogP contribution in [0.3, 0.4) is 0 Å². The van der Waals surface area contributed by atoms with Gasteiger partial charge in [0.25, 0.3) is 0 Å². The molecule has 0 aliphatic heterocycles. The Morgan fingerprint density at radius 2 is 1.90 bits per heavy atom. The number of nitrogens with zero attached hydrogens (tertiary/aromatic N) is 2. The van der Waals surface area contributed by atoms with Crippen molar-refractivity contribution in [2.75, 3.05) is 13.1 Å². The monoisotopic (exact) mass is 281 g/mol. The predicted octanol–water partition coefficient (Wildman–Crippen LogP) is 2.22. The third-order valence-electron chi connectivity index (χ3n) is 3.66. The van der Waals surface area contributed by atoms with E-state index in [0.717, 1.165) is 43.7 Å². The van der Waals surface area contributed by atoms with E-state index in [9.17, 15) is 9.59 Å². The molecule has 0 fully saturated rings. The van der Waals surface area contributed by atoms with Crippen LogP contribution < -0.4 is 5.69 Å².